The van der Waals surface area contributed by atoms with Crippen LogP contribution in [0.4, 0.5) is 0 Å². The lowest BCUT2D eigenvalue weighted by molar-refractivity contribution is 0.0525. The SMILES string of the molecule is CCOC(=O)c1c(C)[nH]c(C(=O)C(C)Sc2nnc(CN3CCCCC3)n2-c2ccccc2)c1C. The standard InChI is InChI=1S/C26H33N5O3S/c1-5-34-25(33)22-17(2)23(27-18(22)3)24(32)19(4)35-26-29-28-21(16-30-14-10-7-11-15-30)31(26)20-12-8-6-9-13-20/h6,8-9,12-13,19,27H,5,7,10-11,14-16H2,1-4H3. The molecule has 2 aromatic heterocycles. The fraction of sp³-hybridized carbons (Fsp3) is 0.462. The van der Waals surface area contributed by atoms with Crippen molar-refractivity contribution in [3.63, 3.8) is 0 Å². The Morgan fingerprint density at radius 3 is 2.51 bits per heavy atom. The molecule has 1 saturated heterocycles. The molecular weight excluding hydrogens is 462 g/mol. The summed E-state index contributed by atoms with van der Waals surface area (Å²) < 4.78 is 7.22. The minimum Gasteiger partial charge on any atom is -0.462 e. The van der Waals surface area contributed by atoms with Gasteiger partial charge < -0.3 is 9.72 Å². The highest BCUT2D eigenvalue weighted by Gasteiger charge is 2.28. The van der Waals surface area contributed by atoms with Gasteiger partial charge in [0, 0.05) is 11.4 Å². The normalized spacial score (nSPS) is 15.2. The molecule has 3 heterocycles. The zero-order valence-corrected chi connectivity index (χ0v) is 21.7. The number of piperidine rings is 1. The molecular formula is C26H33N5O3S. The van der Waals surface area contributed by atoms with Crippen LogP contribution >= 0.6 is 11.8 Å². The smallest absolute Gasteiger partial charge is 0.340 e. The van der Waals surface area contributed by atoms with Crippen LogP contribution in [0.5, 0.6) is 0 Å². The molecule has 1 aliphatic heterocycles. The number of ether oxygens (including phenoxy) is 1. The molecule has 0 bridgehead atoms. The van der Waals surface area contributed by atoms with Gasteiger partial charge in [-0.25, -0.2) is 4.79 Å². The second-order valence-corrected chi connectivity index (χ2v) is 10.2. The molecule has 8 nitrogen and oxygen atoms in total. The number of hydrogen-bond donors (Lipinski definition) is 1. The molecule has 0 aliphatic carbocycles. The number of likely N-dealkylation sites (tertiary alicyclic amines) is 1. The van der Waals surface area contributed by atoms with E-state index in [1.165, 1.54) is 31.0 Å². The van der Waals surface area contributed by atoms with Gasteiger partial charge in [0.15, 0.2) is 16.8 Å². The average molecular weight is 496 g/mol. The lowest BCUT2D eigenvalue weighted by atomic mass is 10.1. The summed E-state index contributed by atoms with van der Waals surface area (Å²) in [5.74, 6) is 0.368. The van der Waals surface area contributed by atoms with Gasteiger partial charge in [0.05, 0.1) is 29.7 Å². The van der Waals surface area contributed by atoms with Gasteiger partial charge >= 0.3 is 5.97 Å². The van der Waals surface area contributed by atoms with Crippen LogP contribution in [0.1, 0.15) is 71.0 Å². The van der Waals surface area contributed by atoms with Crippen molar-refractivity contribution in [3.05, 3.63) is 58.7 Å². The largest absolute Gasteiger partial charge is 0.462 e. The minimum absolute atomic E-state index is 0.0914. The van der Waals surface area contributed by atoms with E-state index in [1.807, 2.05) is 37.3 Å². The Balaban J connectivity index is 1.59. The van der Waals surface area contributed by atoms with Gasteiger partial charge in [0.1, 0.15) is 0 Å². The number of rotatable bonds is 9. The first-order chi connectivity index (χ1) is 16.9. The summed E-state index contributed by atoms with van der Waals surface area (Å²) in [6.07, 6.45) is 3.68. The van der Waals surface area contributed by atoms with E-state index in [1.54, 1.807) is 20.8 Å². The summed E-state index contributed by atoms with van der Waals surface area (Å²) in [5, 5.41) is 9.25. The zero-order chi connectivity index (χ0) is 24.9. The number of esters is 1. The van der Waals surface area contributed by atoms with Crippen molar-refractivity contribution in [2.24, 2.45) is 0 Å². The van der Waals surface area contributed by atoms with Gasteiger partial charge in [0.25, 0.3) is 0 Å². The molecule has 186 valence electrons. The molecule has 0 radical (unpaired) electrons. The number of carbonyl (C=O) groups excluding carboxylic acids is 2. The number of thioether (sulfide) groups is 1. The third kappa shape index (κ3) is 5.51. The van der Waals surface area contributed by atoms with E-state index in [0.29, 0.717) is 27.7 Å². The van der Waals surface area contributed by atoms with E-state index in [-0.39, 0.29) is 12.4 Å². The van der Waals surface area contributed by atoms with Crippen molar-refractivity contribution < 1.29 is 14.3 Å². The number of H-pyrrole nitrogens is 1. The molecule has 1 aliphatic rings. The zero-order valence-electron chi connectivity index (χ0n) is 20.8. The molecule has 1 fully saturated rings. The number of Topliss-reactive ketones (excluding diaryl/α,β-unsaturated/α-hetero) is 1. The maximum atomic E-state index is 13.4. The summed E-state index contributed by atoms with van der Waals surface area (Å²) >= 11 is 1.38. The van der Waals surface area contributed by atoms with Gasteiger partial charge in [-0.05, 0) is 71.3 Å². The quantitative estimate of drug-likeness (QED) is 0.260. The molecule has 3 aromatic rings. The number of aryl methyl sites for hydroxylation is 1. The van der Waals surface area contributed by atoms with Gasteiger partial charge in [0.2, 0.25) is 0 Å². The second-order valence-electron chi connectivity index (χ2n) is 8.88. The number of hydrogen-bond acceptors (Lipinski definition) is 7. The second kappa shape index (κ2) is 11.2. The monoisotopic (exact) mass is 495 g/mol. The van der Waals surface area contributed by atoms with Crippen LogP contribution in [0.15, 0.2) is 35.5 Å². The van der Waals surface area contributed by atoms with Crippen LogP contribution in [0.2, 0.25) is 0 Å². The Morgan fingerprint density at radius 2 is 1.83 bits per heavy atom. The van der Waals surface area contributed by atoms with Crippen molar-refractivity contribution >= 4 is 23.5 Å². The molecule has 0 spiro atoms. The van der Waals surface area contributed by atoms with E-state index in [2.05, 4.69) is 24.6 Å². The number of aromatic nitrogens is 4. The number of benzene rings is 1. The third-order valence-electron chi connectivity index (χ3n) is 6.34. The Morgan fingerprint density at radius 1 is 1.11 bits per heavy atom. The topological polar surface area (TPSA) is 93.1 Å². The van der Waals surface area contributed by atoms with Gasteiger partial charge in [-0.1, -0.05) is 36.4 Å². The molecule has 35 heavy (non-hydrogen) atoms. The Bertz CT molecular complexity index is 1180. The summed E-state index contributed by atoms with van der Waals surface area (Å²) in [6.45, 7) is 10.3. The summed E-state index contributed by atoms with van der Waals surface area (Å²) in [6, 6.07) is 10.0. The first kappa shape index (κ1) is 25.2. The van der Waals surface area contributed by atoms with Crippen molar-refractivity contribution in [3.8, 4) is 5.69 Å². The van der Waals surface area contributed by atoms with Crippen LogP contribution in [0, 0.1) is 13.8 Å². The number of para-hydroxylation sites is 1. The first-order valence-electron chi connectivity index (χ1n) is 12.2. The van der Waals surface area contributed by atoms with E-state index >= 15 is 0 Å². The van der Waals surface area contributed by atoms with Crippen LogP contribution < -0.4 is 0 Å². The predicted octanol–water partition coefficient (Wildman–Crippen LogP) is 4.74. The summed E-state index contributed by atoms with van der Waals surface area (Å²) in [4.78, 5) is 31.3. The van der Waals surface area contributed by atoms with Gasteiger partial charge in [-0.3, -0.25) is 14.3 Å². The van der Waals surface area contributed by atoms with Gasteiger partial charge in [-0.15, -0.1) is 10.2 Å². The van der Waals surface area contributed by atoms with Crippen LogP contribution in [0.3, 0.4) is 0 Å². The predicted molar refractivity (Wildman–Crippen MR) is 136 cm³/mol. The van der Waals surface area contributed by atoms with Crippen molar-refractivity contribution in [2.45, 2.75) is 63.9 Å². The Labute approximate surface area is 210 Å². The number of carbonyl (C=O) groups is 2. The number of aromatic amines is 1. The maximum Gasteiger partial charge on any atom is 0.340 e. The fourth-order valence-corrected chi connectivity index (χ4v) is 5.50. The molecule has 0 amide bonds. The van der Waals surface area contributed by atoms with Crippen molar-refractivity contribution in [2.75, 3.05) is 19.7 Å². The van der Waals surface area contributed by atoms with Crippen LogP contribution in [0.25, 0.3) is 5.69 Å². The fourth-order valence-electron chi connectivity index (χ4n) is 4.55. The molecule has 1 atom stereocenters. The molecule has 1 unspecified atom stereocenters. The van der Waals surface area contributed by atoms with Crippen molar-refractivity contribution in [1.29, 1.82) is 0 Å². The van der Waals surface area contributed by atoms with Crippen LogP contribution in [-0.4, -0.2) is 61.3 Å². The van der Waals surface area contributed by atoms with Crippen molar-refractivity contribution in [1.82, 2.24) is 24.6 Å². The Kier molecular flexibility index (Phi) is 8.07. The highest BCUT2D eigenvalue weighted by Crippen LogP contribution is 2.30. The van der Waals surface area contributed by atoms with Gasteiger partial charge in [-0.2, -0.15) is 0 Å². The highest BCUT2D eigenvalue weighted by molar-refractivity contribution is 8.00. The molecule has 9 heteroatoms. The summed E-state index contributed by atoms with van der Waals surface area (Å²) in [5.41, 5.74) is 3.10. The first-order valence-corrected chi connectivity index (χ1v) is 13.1. The Hall–Kier alpha value is -2.91. The van der Waals surface area contributed by atoms with E-state index in [9.17, 15) is 9.59 Å². The maximum absolute atomic E-state index is 13.4. The average Bonchev–Trinajstić information content (AvgIpc) is 3.39. The summed E-state index contributed by atoms with van der Waals surface area (Å²) in [7, 11) is 0. The van der Waals surface area contributed by atoms with Crippen LogP contribution in [-0.2, 0) is 11.3 Å². The number of nitrogens with one attached hydrogen (secondary N) is 1. The van der Waals surface area contributed by atoms with E-state index < -0.39 is 11.2 Å². The highest BCUT2D eigenvalue weighted by atomic mass is 32.2. The molecule has 1 N–H and O–H groups in total. The minimum atomic E-state index is -0.434. The van der Waals surface area contributed by atoms with E-state index in [4.69, 9.17) is 4.74 Å². The van der Waals surface area contributed by atoms with E-state index in [0.717, 1.165) is 31.1 Å². The third-order valence-corrected chi connectivity index (χ3v) is 7.39. The lowest BCUT2D eigenvalue weighted by Crippen LogP contribution is -2.30. The molecule has 4 rings (SSSR count). The number of ketones is 1. The lowest BCUT2D eigenvalue weighted by Gasteiger charge is -2.26. The number of nitrogens with zero attached hydrogens (tertiary/aromatic N) is 4. The molecule has 1 aromatic carbocycles. The molecule has 0 saturated carbocycles.